The van der Waals surface area contributed by atoms with Gasteiger partial charge in [-0.1, -0.05) is 12.1 Å². The molecular formula is C19H26N2O3. The third-order valence-corrected chi connectivity index (χ3v) is 4.97. The molecule has 0 aromatic heterocycles. The normalized spacial score (nSPS) is 20.2. The summed E-state index contributed by atoms with van der Waals surface area (Å²) in [5.74, 6) is -0.388. The number of nitrogens with one attached hydrogen (secondary N) is 1. The van der Waals surface area contributed by atoms with Crippen molar-refractivity contribution in [1.82, 2.24) is 4.90 Å². The highest BCUT2D eigenvalue weighted by Crippen LogP contribution is 2.28. The molecule has 0 saturated carbocycles. The van der Waals surface area contributed by atoms with Gasteiger partial charge >= 0.3 is 12.0 Å². The number of benzene rings is 1. The van der Waals surface area contributed by atoms with Gasteiger partial charge in [-0.25, -0.2) is 4.79 Å². The van der Waals surface area contributed by atoms with Crippen molar-refractivity contribution in [2.45, 2.75) is 45.4 Å². The van der Waals surface area contributed by atoms with Crippen molar-refractivity contribution < 1.29 is 14.3 Å². The van der Waals surface area contributed by atoms with E-state index in [4.69, 9.17) is 4.74 Å². The number of likely N-dealkylation sites (tertiary alicyclic amines) is 1. The predicted octanol–water partition coefficient (Wildman–Crippen LogP) is 3.37. The Morgan fingerprint density at radius 1 is 1.25 bits per heavy atom. The molecule has 1 aliphatic heterocycles. The summed E-state index contributed by atoms with van der Waals surface area (Å²) in [4.78, 5) is 26.3. The zero-order valence-corrected chi connectivity index (χ0v) is 14.3. The maximum absolute atomic E-state index is 12.6. The number of aryl methyl sites for hydroxylation is 1. The molecule has 1 atom stereocenters. The van der Waals surface area contributed by atoms with Crippen molar-refractivity contribution in [3.63, 3.8) is 0 Å². The van der Waals surface area contributed by atoms with E-state index in [2.05, 4.69) is 11.4 Å². The van der Waals surface area contributed by atoms with Crippen LogP contribution >= 0.6 is 0 Å². The van der Waals surface area contributed by atoms with Gasteiger partial charge in [0.25, 0.3) is 0 Å². The molecule has 1 aliphatic carbocycles. The Kier molecular flexibility index (Phi) is 5.38. The van der Waals surface area contributed by atoms with Gasteiger partial charge in [0, 0.05) is 18.8 Å². The number of hydrogen-bond donors (Lipinski definition) is 1. The number of fused-ring (bicyclic) bond motifs is 1. The lowest BCUT2D eigenvalue weighted by Crippen LogP contribution is -2.44. The van der Waals surface area contributed by atoms with E-state index in [1.54, 1.807) is 4.90 Å². The number of amides is 2. The molecule has 130 valence electrons. The van der Waals surface area contributed by atoms with Crippen LogP contribution < -0.4 is 5.32 Å². The molecule has 1 aromatic rings. The minimum absolute atomic E-state index is 0.108. The molecule has 1 aromatic carbocycles. The van der Waals surface area contributed by atoms with Crippen molar-refractivity contribution in [1.29, 1.82) is 0 Å². The first kappa shape index (κ1) is 16.8. The van der Waals surface area contributed by atoms with Crippen LogP contribution in [0, 0.1) is 5.92 Å². The summed E-state index contributed by atoms with van der Waals surface area (Å²) < 4.78 is 5.10. The molecular weight excluding hydrogens is 304 g/mol. The van der Waals surface area contributed by atoms with Crippen molar-refractivity contribution >= 4 is 17.7 Å². The van der Waals surface area contributed by atoms with Gasteiger partial charge in [-0.3, -0.25) is 4.79 Å². The molecule has 1 saturated heterocycles. The Bertz CT molecular complexity index is 615. The van der Waals surface area contributed by atoms with Crippen LogP contribution in [-0.4, -0.2) is 36.6 Å². The zero-order chi connectivity index (χ0) is 16.9. The molecule has 2 amide bonds. The van der Waals surface area contributed by atoms with Crippen molar-refractivity contribution in [3.8, 4) is 0 Å². The standard InChI is InChI=1S/C19H26N2O3/c1-2-24-18(22)15-9-6-12-21(13-15)19(23)20-17-11-5-8-14-7-3-4-10-16(14)17/h5,8,11,15H,2-4,6-7,9-10,12-13H2,1H3,(H,20,23)/t15-/m1/s1. The highest BCUT2D eigenvalue weighted by molar-refractivity contribution is 5.91. The summed E-state index contributed by atoms with van der Waals surface area (Å²) in [6, 6.07) is 6.04. The fraction of sp³-hybridized carbons (Fsp3) is 0.579. The smallest absolute Gasteiger partial charge is 0.321 e. The lowest BCUT2D eigenvalue weighted by atomic mass is 9.90. The molecule has 0 bridgehead atoms. The van der Waals surface area contributed by atoms with Crippen LogP contribution in [0.2, 0.25) is 0 Å². The molecule has 3 rings (SSSR count). The second-order valence-electron chi connectivity index (χ2n) is 6.62. The summed E-state index contributed by atoms with van der Waals surface area (Å²) >= 11 is 0. The molecule has 1 N–H and O–H groups in total. The largest absolute Gasteiger partial charge is 0.466 e. The number of hydrogen-bond acceptors (Lipinski definition) is 3. The van der Waals surface area contributed by atoms with Crippen LogP contribution in [0.3, 0.4) is 0 Å². The number of nitrogens with zero attached hydrogens (tertiary/aromatic N) is 1. The highest BCUT2D eigenvalue weighted by Gasteiger charge is 2.29. The van der Waals surface area contributed by atoms with Gasteiger partial charge in [0.2, 0.25) is 0 Å². The molecule has 1 fully saturated rings. The fourth-order valence-corrected chi connectivity index (χ4v) is 3.71. The predicted molar refractivity (Wildman–Crippen MR) is 93.0 cm³/mol. The summed E-state index contributed by atoms with van der Waals surface area (Å²) in [5, 5.41) is 3.07. The van der Waals surface area contributed by atoms with Crippen LogP contribution in [0.5, 0.6) is 0 Å². The first-order valence-corrected chi connectivity index (χ1v) is 9.02. The van der Waals surface area contributed by atoms with Crippen LogP contribution in [0.4, 0.5) is 10.5 Å². The third kappa shape index (κ3) is 3.71. The molecule has 5 heteroatoms. The number of ether oxygens (including phenoxy) is 1. The van der Waals surface area contributed by atoms with E-state index in [9.17, 15) is 9.59 Å². The quantitative estimate of drug-likeness (QED) is 0.865. The lowest BCUT2D eigenvalue weighted by molar-refractivity contribution is -0.149. The number of esters is 1. The SMILES string of the molecule is CCOC(=O)[C@@H]1CCCN(C(=O)Nc2cccc3c2CCCC3)C1. The minimum atomic E-state index is -0.200. The summed E-state index contributed by atoms with van der Waals surface area (Å²) in [5.41, 5.74) is 3.55. The topological polar surface area (TPSA) is 58.6 Å². The number of rotatable bonds is 3. The number of piperidine rings is 1. The minimum Gasteiger partial charge on any atom is -0.466 e. The first-order valence-electron chi connectivity index (χ1n) is 9.02. The monoisotopic (exact) mass is 330 g/mol. The number of carbonyl (C=O) groups is 2. The van der Waals surface area contributed by atoms with E-state index < -0.39 is 0 Å². The average Bonchev–Trinajstić information content (AvgIpc) is 2.62. The maximum Gasteiger partial charge on any atom is 0.321 e. The fourth-order valence-electron chi connectivity index (χ4n) is 3.71. The van der Waals surface area contributed by atoms with Crippen LogP contribution in [0.15, 0.2) is 18.2 Å². The van der Waals surface area contributed by atoms with Crippen LogP contribution in [0.1, 0.15) is 43.7 Å². The first-order chi connectivity index (χ1) is 11.7. The number of urea groups is 1. The third-order valence-electron chi connectivity index (χ3n) is 4.97. The van der Waals surface area contributed by atoms with E-state index in [1.807, 2.05) is 19.1 Å². The van der Waals surface area contributed by atoms with Gasteiger partial charge in [-0.15, -0.1) is 0 Å². The van der Waals surface area contributed by atoms with Gasteiger partial charge in [0.05, 0.1) is 12.5 Å². The number of anilines is 1. The Morgan fingerprint density at radius 3 is 2.92 bits per heavy atom. The van der Waals surface area contributed by atoms with Gasteiger partial charge in [-0.05, 0) is 62.6 Å². The molecule has 0 spiro atoms. The Balaban J connectivity index is 1.66. The van der Waals surface area contributed by atoms with Crippen molar-refractivity contribution in [3.05, 3.63) is 29.3 Å². The van der Waals surface area contributed by atoms with Crippen molar-refractivity contribution in [2.75, 3.05) is 25.0 Å². The molecule has 5 nitrogen and oxygen atoms in total. The van der Waals surface area contributed by atoms with E-state index in [0.717, 1.165) is 31.4 Å². The second kappa shape index (κ2) is 7.69. The second-order valence-corrected chi connectivity index (χ2v) is 6.62. The molecule has 0 unspecified atom stereocenters. The highest BCUT2D eigenvalue weighted by atomic mass is 16.5. The molecule has 24 heavy (non-hydrogen) atoms. The maximum atomic E-state index is 12.6. The van der Waals surface area contributed by atoms with Crippen molar-refractivity contribution in [2.24, 2.45) is 5.92 Å². The van der Waals surface area contributed by atoms with Crippen LogP contribution in [0.25, 0.3) is 0 Å². The Labute approximate surface area is 143 Å². The molecule has 1 heterocycles. The van der Waals surface area contributed by atoms with Crippen LogP contribution in [-0.2, 0) is 22.4 Å². The summed E-state index contributed by atoms with van der Waals surface area (Å²) in [6.45, 7) is 3.33. The zero-order valence-electron chi connectivity index (χ0n) is 14.3. The van der Waals surface area contributed by atoms with Gasteiger partial charge in [0.1, 0.15) is 0 Å². The van der Waals surface area contributed by atoms with E-state index in [1.165, 1.54) is 24.0 Å². The average molecular weight is 330 g/mol. The van der Waals surface area contributed by atoms with E-state index >= 15 is 0 Å². The molecule has 2 aliphatic rings. The Morgan fingerprint density at radius 2 is 2.08 bits per heavy atom. The number of carbonyl (C=O) groups excluding carboxylic acids is 2. The van der Waals surface area contributed by atoms with Gasteiger partial charge < -0.3 is 15.0 Å². The van der Waals surface area contributed by atoms with Gasteiger partial charge in [0.15, 0.2) is 0 Å². The van der Waals surface area contributed by atoms with E-state index in [0.29, 0.717) is 19.7 Å². The lowest BCUT2D eigenvalue weighted by Gasteiger charge is -2.32. The van der Waals surface area contributed by atoms with E-state index in [-0.39, 0.29) is 17.9 Å². The summed E-state index contributed by atoms with van der Waals surface area (Å²) in [6.07, 6.45) is 6.14. The molecule has 0 radical (unpaired) electrons. The summed E-state index contributed by atoms with van der Waals surface area (Å²) in [7, 11) is 0. The van der Waals surface area contributed by atoms with Gasteiger partial charge in [-0.2, -0.15) is 0 Å². The Hall–Kier alpha value is -2.04.